The second-order valence-electron chi connectivity index (χ2n) is 3.62. The summed E-state index contributed by atoms with van der Waals surface area (Å²) in [6.07, 6.45) is -0.907. The maximum Gasteiger partial charge on any atom is 0.338 e. The number of hydrogen-bond acceptors (Lipinski definition) is 5. The van der Waals surface area contributed by atoms with Crippen molar-refractivity contribution >= 4 is 5.97 Å². The molecule has 0 saturated heterocycles. The zero-order chi connectivity index (χ0) is 12.8. The van der Waals surface area contributed by atoms with Crippen molar-refractivity contribution in [3.05, 3.63) is 29.3 Å². The Balaban J connectivity index is 2.72. The molecule has 5 nitrogen and oxygen atoms in total. The highest BCUT2D eigenvalue weighted by molar-refractivity contribution is 5.91. The van der Waals surface area contributed by atoms with E-state index < -0.39 is 12.1 Å². The summed E-state index contributed by atoms with van der Waals surface area (Å²) in [7, 11) is 1.32. The van der Waals surface area contributed by atoms with Crippen LogP contribution < -0.4 is 4.74 Å². The lowest BCUT2D eigenvalue weighted by Gasteiger charge is -2.11. The first kappa shape index (κ1) is 13.5. The molecule has 0 fully saturated rings. The molecular weight excluding hydrogens is 224 g/mol. The van der Waals surface area contributed by atoms with E-state index in [2.05, 4.69) is 4.74 Å². The fraction of sp³-hybridized carbons (Fsp3) is 0.417. The molecule has 1 rings (SSSR count). The first-order valence-electron chi connectivity index (χ1n) is 5.19. The van der Waals surface area contributed by atoms with Crippen LogP contribution in [0.1, 0.15) is 15.9 Å². The normalized spacial score (nSPS) is 12.0. The Bertz CT molecular complexity index is 388. The number of benzene rings is 1. The van der Waals surface area contributed by atoms with Crippen LogP contribution in [0, 0.1) is 6.92 Å². The smallest absolute Gasteiger partial charge is 0.338 e. The summed E-state index contributed by atoms with van der Waals surface area (Å²) in [6.45, 7) is 1.42. The number of carbonyl (C=O) groups is 1. The Morgan fingerprint density at radius 1 is 1.47 bits per heavy atom. The van der Waals surface area contributed by atoms with E-state index in [1.165, 1.54) is 7.11 Å². The van der Waals surface area contributed by atoms with Crippen molar-refractivity contribution in [3.63, 3.8) is 0 Å². The fourth-order valence-electron chi connectivity index (χ4n) is 1.31. The molecule has 94 valence electrons. The minimum Gasteiger partial charge on any atom is -0.491 e. The largest absolute Gasteiger partial charge is 0.491 e. The summed E-state index contributed by atoms with van der Waals surface area (Å²) >= 11 is 0. The van der Waals surface area contributed by atoms with Gasteiger partial charge in [0.2, 0.25) is 0 Å². The SMILES string of the molecule is COC(=O)c1ccc(OCC(O)CO)cc1C. The molecule has 17 heavy (non-hydrogen) atoms. The van der Waals surface area contributed by atoms with Crippen LogP contribution in [0.25, 0.3) is 0 Å². The molecule has 1 aromatic carbocycles. The van der Waals surface area contributed by atoms with Crippen LogP contribution in [0.3, 0.4) is 0 Å². The number of ether oxygens (including phenoxy) is 2. The average Bonchev–Trinajstić information content (AvgIpc) is 2.35. The highest BCUT2D eigenvalue weighted by Gasteiger charge is 2.10. The maximum absolute atomic E-state index is 11.3. The molecule has 0 radical (unpaired) electrons. The number of rotatable bonds is 5. The first-order valence-corrected chi connectivity index (χ1v) is 5.19. The second kappa shape index (κ2) is 6.22. The van der Waals surface area contributed by atoms with Crippen LogP contribution in [0.15, 0.2) is 18.2 Å². The van der Waals surface area contributed by atoms with Gasteiger partial charge in [0.25, 0.3) is 0 Å². The minimum absolute atomic E-state index is 0.00745. The number of carbonyl (C=O) groups excluding carboxylic acids is 1. The van der Waals surface area contributed by atoms with Gasteiger partial charge in [-0.2, -0.15) is 0 Å². The van der Waals surface area contributed by atoms with Crippen LogP contribution in [0.4, 0.5) is 0 Å². The van der Waals surface area contributed by atoms with Crippen LogP contribution in [0.5, 0.6) is 5.75 Å². The Kier molecular flexibility index (Phi) is 4.93. The fourth-order valence-corrected chi connectivity index (χ4v) is 1.31. The van der Waals surface area contributed by atoms with Gasteiger partial charge in [0.05, 0.1) is 19.3 Å². The number of aryl methyl sites for hydroxylation is 1. The lowest BCUT2D eigenvalue weighted by molar-refractivity contribution is 0.0535. The molecule has 2 N–H and O–H groups in total. The average molecular weight is 240 g/mol. The van der Waals surface area contributed by atoms with Gasteiger partial charge in [-0.3, -0.25) is 0 Å². The number of esters is 1. The molecular formula is C12H16O5. The minimum atomic E-state index is -0.907. The van der Waals surface area contributed by atoms with Crippen molar-refractivity contribution < 1.29 is 24.5 Å². The summed E-state index contributed by atoms with van der Waals surface area (Å²) in [5.41, 5.74) is 1.20. The first-order chi connectivity index (χ1) is 8.08. The summed E-state index contributed by atoms with van der Waals surface area (Å²) < 4.78 is 9.87. The Morgan fingerprint density at radius 3 is 2.71 bits per heavy atom. The van der Waals surface area contributed by atoms with Crippen LogP contribution in [0.2, 0.25) is 0 Å². The molecule has 0 saturated carbocycles. The van der Waals surface area contributed by atoms with Crippen molar-refractivity contribution in [3.8, 4) is 5.75 Å². The van der Waals surface area contributed by atoms with Gasteiger partial charge in [-0.05, 0) is 30.7 Å². The predicted octanol–water partition coefficient (Wildman–Crippen LogP) is 0.514. The predicted molar refractivity (Wildman–Crippen MR) is 61.1 cm³/mol. The molecule has 1 aromatic rings. The van der Waals surface area contributed by atoms with Gasteiger partial charge in [0, 0.05) is 0 Å². The molecule has 0 aliphatic carbocycles. The quantitative estimate of drug-likeness (QED) is 0.733. The number of methoxy groups -OCH3 is 1. The van der Waals surface area contributed by atoms with Gasteiger partial charge in [0.15, 0.2) is 0 Å². The van der Waals surface area contributed by atoms with Gasteiger partial charge in [-0.15, -0.1) is 0 Å². The van der Waals surface area contributed by atoms with Crippen LogP contribution >= 0.6 is 0 Å². The summed E-state index contributed by atoms with van der Waals surface area (Å²) in [6, 6.07) is 4.89. The molecule has 0 spiro atoms. The Hall–Kier alpha value is -1.59. The van der Waals surface area contributed by atoms with Gasteiger partial charge in [0.1, 0.15) is 18.5 Å². The van der Waals surface area contributed by atoms with E-state index in [1.54, 1.807) is 25.1 Å². The van der Waals surface area contributed by atoms with E-state index in [1.807, 2.05) is 0 Å². The second-order valence-corrected chi connectivity index (χ2v) is 3.62. The molecule has 0 heterocycles. The highest BCUT2D eigenvalue weighted by Crippen LogP contribution is 2.18. The maximum atomic E-state index is 11.3. The van der Waals surface area contributed by atoms with E-state index in [0.717, 1.165) is 5.56 Å². The number of hydrogen-bond donors (Lipinski definition) is 2. The van der Waals surface area contributed by atoms with E-state index >= 15 is 0 Å². The standard InChI is InChI=1S/C12H16O5/c1-8-5-10(17-7-9(14)6-13)3-4-11(8)12(15)16-2/h3-5,9,13-14H,6-7H2,1-2H3. The molecule has 0 aliphatic rings. The molecule has 1 atom stereocenters. The summed E-state index contributed by atoms with van der Waals surface area (Å²) in [4.78, 5) is 11.3. The van der Waals surface area contributed by atoms with Crippen molar-refractivity contribution in [2.24, 2.45) is 0 Å². The number of aliphatic hydroxyl groups is 2. The van der Waals surface area contributed by atoms with E-state index in [0.29, 0.717) is 11.3 Å². The van der Waals surface area contributed by atoms with E-state index in [9.17, 15) is 4.79 Å². The van der Waals surface area contributed by atoms with Gasteiger partial charge < -0.3 is 19.7 Å². The molecule has 1 unspecified atom stereocenters. The Labute approximate surface area is 99.6 Å². The molecule has 0 aliphatic heterocycles. The zero-order valence-corrected chi connectivity index (χ0v) is 9.84. The molecule has 0 amide bonds. The van der Waals surface area contributed by atoms with Crippen LogP contribution in [-0.2, 0) is 4.74 Å². The third-order valence-electron chi connectivity index (χ3n) is 2.26. The van der Waals surface area contributed by atoms with Crippen molar-refractivity contribution in [2.75, 3.05) is 20.3 Å². The van der Waals surface area contributed by atoms with E-state index in [4.69, 9.17) is 14.9 Å². The molecule has 5 heteroatoms. The molecule has 0 aromatic heterocycles. The van der Waals surface area contributed by atoms with Gasteiger partial charge in [-0.1, -0.05) is 0 Å². The monoisotopic (exact) mass is 240 g/mol. The number of aliphatic hydroxyl groups excluding tert-OH is 2. The topological polar surface area (TPSA) is 76.0 Å². The van der Waals surface area contributed by atoms with Gasteiger partial charge in [-0.25, -0.2) is 4.79 Å². The highest BCUT2D eigenvalue weighted by atomic mass is 16.5. The molecule has 0 bridgehead atoms. The Morgan fingerprint density at radius 2 is 2.18 bits per heavy atom. The third kappa shape index (κ3) is 3.72. The summed E-state index contributed by atoms with van der Waals surface area (Å²) in [5.74, 6) is 0.132. The van der Waals surface area contributed by atoms with Crippen molar-refractivity contribution in [2.45, 2.75) is 13.0 Å². The summed E-state index contributed by atoms with van der Waals surface area (Å²) in [5, 5.41) is 17.7. The van der Waals surface area contributed by atoms with Crippen molar-refractivity contribution in [1.29, 1.82) is 0 Å². The van der Waals surface area contributed by atoms with Crippen molar-refractivity contribution in [1.82, 2.24) is 0 Å². The lowest BCUT2D eigenvalue weighted by Crippen LogP contribution is -2.21. The third-order valence-corrected chi connectivity index (χ3v) is 2.26. The zero-order valence-electron chi connectivity index (χ0n) is 9.84. The van der Waals surface area contributed by atoms with Crippen LogP contribution in [-0.4, -0.2) is 42.6 Å². The lowest BCUT2D eigenvalue weighted by atomic mass is 10.1. The van der Waals surface area contributed by atoms with Gasteiger partial charge >= 0.3 is 5.97 Å². The van der Waals surface area contributed by atoms with E-state index in [-0.39, 0.29) is 13.2 Å².